The van der Waals surface area contributed by atoms with Gasteiger partial charge < -0.3 is 14.8 Å². The summed E-state index contributed by atoms with van der Waals surface area (Å²) in [7, 11) is 1.34. The van der Waals surface area contributed by atoms with Crippen LogP contribution in [0.5, 0.6) is 17.2 Å². The molecule has 0 unspecified atom stereocenters. The van der Waals surface area contributed by atoms with E-state index in [1.807, 2.05) is 19.9 Å². The number of nitro groups is 2. The predicted molar refractivity (Wildman–Crippen MR) is 133 cm³/mol. The van der Waals surface area contributed by atoms with E-state index in [1.54, 1.807) is 12.1 Å². The van der Waals surface area contributed by atoms with Crippen LogP contribution in [-0.4, -0.2) is 35.0 Å². The molecular weight excluding hydrogens is 486 g/mol. The summed E-state index contributed by atoms with van der Waals surface area (Å²) in [5.41, 5.74) is 3.99. The number of nitrogens with zero attached hydrogens (tertiary/aromatic N) is 3. The number of hydrogen-bond acceptors (Lipinski definition) is 9. The molecule has 0 bridgehead atoms. The molecule has 0 radical (unpaired) electrons. The monoisotopic (exact) mass is 507 g/mol. The second-order valence-electron chi connectivity index (χ2n) is 7.63. The van der Waals surface area contributed by atoms with Gasteiger partial charge in [0.2, 0.25) is 5.75 Å². The maximum atomic E-state index is 12.1. The second kappa shape index (κ2) is 11.4. The zero-order chi connectivity index (χ0) is 27.1. The van der Waals surface area contributed by atoms with Crippen LogP contribution in [0.15, 0.2) is 59.7 Å². The number of nitro benzene ring substituents is 2. The van der Waals surface area contributed by atoms with Gasteiger partial charge in [0.15, 0.2) is 11.5 Å². The second-order valence-corrected chi connectivity index (χ2v) is 7.63. The van der Waals surface area contributed by atoms with Gasteiger partial charge in [-0.3, -0.25) is 29.8 Å². The summed E-state index contributed by atoms with van der Waals surface area (Å²) in [6.45, 7) is 3.81. The Bertz CT molecular complexity index is 1420. The SMILES string of the molecule is COc1cc(/C=N/NC(=O)C(=O)Nc2ccc(C)c(C)c2)ccc1Oc1ccc([N+](=O)[O-])cc1[N+](=O)[O-]. The molecule has 0 aliphatic rings. The van der Waals surface area contributed by atoms with Crippen LogP contribution in [0.3, 0.4) is 0 Å². The fourth-order valence-corrected chi connectivity index (χ4v) is 3.04. The fraction of sp³-hybridized carbons (Fsp3) is 0.125. The van der Waals surface area contributed by atoms with Crippen molar-refractivity contribution in [2.24, 2.45) is 5.10 Å². The van der Waals surface area contributed by atoms with Crippen molar-refractivity contribution in [2.45, 2.75) is 13.8 Å². The van der Waals surface area contributed by atoms with Crippen LogP contribution in [0, 0.1) is 34.1 Å². The van der Waals surface area contributed by atoms with E-state index in [4.69, 9.17) is 9.47 Å². The van der Waals surface area contributed by atoms with Crippen LogP contribution in [0.25, 0.3) is 0 Å². The molecule has 2 amide bonds. The molecule has 2 N–H and O–H groups in total. The number of amides is 2. The van der Waals surface area contributed by atoms with Gasteiger partial charge in [0.1, 0.15) is 0 Å². The number of methoxy groups -OCH3 is 1. The fourth-order valence-electron chi connectivity index (χ4n) is 3.04. The summed E-state index contributed by atoms with van der Waals surface area (Å²) >= 11 is 0. The molecule has 3 aromatic carbocycles. The van der Waals surface area contributed by atoms with Crippen LogP contribution in [-0.2, 0) is 9.59 Å². The molecule has 37 heavy (non-hydrogen) atoms. The summed E-state index contributed by atoms with van der Waals surface area (Å²) in [6.07, 6.45) is 1.25. The topological polar surface area (TPSA) is 175 Å². The number of nitrogens with one attached hydrogen (secondary N) is 2. The van der Waals surface area contributed by atoms with E-state index < -0.39 is 33.0 Å². The Labute approximate surface area is 210 Å². The van der Waals surface area contributed by atoms with Crippen molar-refractivity contribution in [3.63, 3.8) is 0 Å². The first kappa shape index (κ1) is 26.3. The average molecular weight is 507 g/mol. The van der Waals surface area contributed by atoms with Gasteiger partial charge in [0.05, 0.1) is 29.2 Å². The Morgan fingerprint density at radius 3 is 2.24 bits per heavy atom. The van der Waals surface area contributed by atoms with Crippen LogP contribution in [0.1, 0.15) is 16.7 Å². The van der Waals surface area contributed by atoms with Crippen LogP contribution >= 0.6 is 0 Å². The minimum absolute atomic E-state index is 0.0911. The lowest BCUT2D eigenvalue weighted by Gasteiger charge is -2.11. The van der Waals surface area contributed by atoms with Gasteiger partial charge in [0.25, 0.3) is 5.69 Å². The summed E-state index contributed by atoms with van der Waals surface area (Å²) < 4.78 is 10.8. The molecule has 13 heteroatoms. The highest BCUT2D eigenvalue weighted by Gasteiger charge is 2.22. The molecule has 13 nitrogen and oxygen atoms in total. The third kappa shape index (κ3) is 6.63. The molecule has 0 heterocycles. The normalized spacial score (nSPS) is 10.6. The van der Waals surface area contributed by atoms with Crippen LogP contribution in [0.2, 0.25) is 0 Å². The summed E-state index contributed by atoms with van der Waals surface area (Å²) in [4.78, 5) is 44.8. The van der Waals surface area contributed by atoms with Crippen molar-refractivity contribution in [3.05, 3.63) is 91.5 Å². The van der Waals surface area contributed by atoms with E-state index >= 15 is 0 Å². The van der Waals surface area contributed by atoms with E-state index in [1.165, 1.54) is 31.5 Å². The minimum Gasteiger partial charge on any atom is -0.493 e. The third-order valence-electron chi connectivity index (χ3n) is 5.11. The van der Waals surface area contributed by atoms with Crippen molar-refractivity contribution >= 4 is 35.1 Å². The van der Waals surface area contributed by atoms with Gasteiger partial charge in [-0.25, -0.2) is 5.43 Å². The Balaban J connectivity index is 1.69. The number of aryl methyl sites for hydroxylation is 2. The number of benzene rings is 3. The average Bonchev–Trinajstić information content (AvgIpc) is 2.86. The lowest BCUT2D eigenvalue weighted by molar-refractivity contribution is -0.394. The molecule has 0 aliphatic heterocycles. The standard InChI is InChI=1S/C24H21N5O8/c1-14-4-6-17(10-15(14)2)26-23(30)24(31)27-25-13-16-5-8-21(22(11-16)36-3)37-20-9-7-18(28(32)33)12-19(20)29(34)35/h4-13H,1-3H3,(H,26,30)(H,27,31)/b25-13+. The molecule has 0 atom stereocenters. The zero-order valence-corrected chi connectivity index (χ0v) is 19.9. The number of anilines is 1. The maximum Gasteiger partial charge on any atom is 0.329 e. The Kier molecular flexibility index (Phi) is 8.09. The summed E-state index contributed by atoms with van der Waals surface area (Å²) in [6, 6.07) is 12.6. The number of carbonyl (C=O) groups excluding carboxylic acids is 2. The Hall–Kier alpha value is -5.33. The number of ether oxygens (including phenoxy) is 2. The first-order valence-electron chi connectivity index (χ1n) is 10.6. The highest BCUT2D eigenvalue weighted by molar-refractivity contribution is 6.39. The molecule has 0 saturated carbocycles. The predicted octanol–water partition coefficient (Wildman–Crippen LogP) is 4.01. The largest absolute Gasteiger partial charge is 0.493 e. The summed E-state index contributed by atoms with van der Waals surface area (Å²) in [5, 5.41) is 28.5. The van der Waals surface area contributed by atoms with Gasteiger partial charge in [-0.05, 0) is 66.9 Å². The van der Waals surface area contributed by atoms with E-state index in [0.717, 1.165) is 29.3 Å². The molecule has 0 aliphatic carbocycles. The Morgan fingerprint density at radius 2 is 1.59 bits per heavy atom. The zero-order valence-electron chi connectivity index (χ0n) is 19.9. The van der Waals surface area contributed by atoms with Gasteiger partial charge in [-0.1, -0.05) is 6.07 Å². The highest BCUT2D eigenvalue weighted by Crippen LogP contribution is 2.38. The van der Waals surface area contributed by atoms with Gasteiger partial charge >= 0.3 is 17.5 Å². The molecule has 0 spiro atoms. The minimum atomic E-state index is -0.980. The lowest BCUT2D eigenvalue weighted by atomic mass is 10.1. The van der Waals surface area contributed by atoms with E-state index in [0.29, 0.717) is 11.3 Å². The number of rotatable bonds is 8. The number of non-ortho nitro benzene ring substituents is 1. The number of hydrogen-bond donors (Lipinski definition) is 2. The van der Waals surface area contributed by atoms with E-state index in [-0.39, 0.29) is 17.2 Å². The molecule has 3 aromatic rings. The van der Waals surface area contributed by atoms with Gasteiger partial charge in [0, 0.05) is 11.8 Å². The molecular formula is C24H21N5O8. The van der Waals surface area contributed by atoms with Crippen LogP contribution in [0.4, 0.5) is 17.1 Å². The van der Waals surface area contributed by atoms with Crippen molar-refractivity contribution in [3.8, 4) is 17.2 Å². The smallest absolute Gasteiger partial charge is 0.329 e. The van der Waals surface area contributed by atoms with E-state index in [2.05, 4.69) is 15.8 Å². The molecule has 3 rings (SSSR count). The van der Waals surface area contributed by atoms with Crippen molar-refractivity contribution in [2.75, 3.05) is 12.4 Å². The van der Waals surface area contributed by atoms with E-state index in [9.17, 15) is 29.8 Å². The first-order valence-corrected chi connectivity index (χ1v) is 10.6. The molecule has 0 fully saturated rings. The maximum absolute atomic E-state index is 12.1. The van der Waals surface area contributed by atoms with Gasteiger partial charge in [-0.2, -0.15) is 5.10 Å². The van der Waals surface area contributed by atoms with Crippen LogP contribution < -0.4 is 20.2 Å². The number of carbonyl (C=O) groups is 2. The van der Waals surface area contributed by atoms with Gasteiger partial charge in [-0.15, -0.1) is 0 Å². The lowest BCUT2D eigenvalue weighted by Crippen LogP contribution is -2.32. The molecule has 0 aromatic heterocycles. The molecule has 190 valence electrons. The third-order valence-corrected chi connectivity index (χ3v) is 5.11. The Morgan fingerprint density at radius 1 is 0.865 bits per heavy atom. The first-order chi connectivity index (χ1) is 17.6. The number of hydrazone groups is 1. The van der Waals surface area contributed by atoms with Crippen molar-refractivity contribution < 1.29 is 28.9 Å². The molecule has 0 saturated heterocycles. The van der Waals surface area contributed by atoms with Crippen molar-refractivity contribution in [1.82, 2.24) is 5.43 Å². The highest BCUT2D eigenvalue weighted by atomic mass is 16.6. The summed E-state index contributed by atoms with van der Waals surface area (Å²) in [5.74, 6) is -1.85. The van der Waals surface area contributed by atoms with Crippen molar-refractivity contribution in [1.29, 1.82) is 0 Å². The quantitative estimate of drug-likeness (QED) is 0.199.